The first kappa shape index (κ1) is 45.7. The molecule has 3 unspecified atom stereocenters. The number of aliphatic hydroxyl groups is 2. The average Bonchev–Trinajstić information content (AvgIpc) is 3.03. The molecule has 0 aliphatic rings. The molecule has 1 amide bonds. The summed E-state index contributed by atoms with van der Waals surface area (Å²) in [4.78, 5) is 66.0. The Labute approximate surface area is 296 Å². The van der Waals surface area contributed by atoms with E-state index in [-0.39, 0.29) is 111 Å². The second kappa shape index (κ2) is 24.0. The third kappa shape index (κ3) is 16.3. The van der Waals surface area contributed by atoms with Gasteiger partial charge in [0.05, 0.1) is 19.8 Å². The molecule has 0 radical (unpaired) electrons. The van der Waals surface area contributed by atoms with Crippen LogP contribution in [-0.4, -0.2) is 71.5 Å². The van der Waals surface area contributed by atoms with Gasteiger partial charge in [0.1, 0.15) is 28.9 Å². The van der Waals surface area contributed by atoms with Crippen molar-refractivity contribution in [2.45, 2.75) is 92.8 Å². The molecule has 2 aromatic carbocycles. The maximum atomic E-state index is 13.5. The number of carbonyl (C=O) groups is 5. The van der Waals surface area contributed by atoms with Crippen LogP contribution in [0.1, 0.15) is 88.5 Å². The number of likely N-dealkylation sites (N-methyl/N-ethyl adjacent to an activating group) is 1. The summed E-state index contributed by atoms with van der Waals surface area (Å²) >= 11 is 0. The zero-order chi connectivity index (χ0) is 34.9. The van der Waals surface area contributed by atoms with Gasteiger partial charge >= 0.3 is 6.09 Å². The lowest BCUT2D eigenvalue weighted by Crippen LogP contribution is -2.31. The lowest BCUT2D eigenvalue weighted by molar-refractivity contribution is -0.132. The summed E-state index contributed by atoms with van der Waals surface area (Å²) < 4.78 is 5.47. The predicted molar refractivity (Wildman–Crippen MR) is 198 cm³/mol. The van der Waals surface area contributed by atoms with Crippen LogP contribution in [0.2, 0.25) is 0 Å². The zero-order valence-corrected chi connectivity index (χ0v) is 30.7. The van der Waals surface area contributed by atoms with E-state index in [9.17, 15) is 34.2 Å². The van der Waals surface area contributed by atoms with Crippen molar-refractivity contribution in [1.29, 1.82) is 0 Å². The fraction of sp³-hybridized carbons (Fsp3) is 0.553. The number of hydrogen-bond donors (Lipinski definition) is 3. The van der Waals surface area contributed by atoms with Crippen molar-refractivity contribution < 1.29 is 38.9 Å². The highest BCUT2D eigenvalue weighted by atomic mass is 31.0. The number of ketones is 4. The maximum Gasteiger partial charge on any atom is 0.414 e. The minimum atomic E-state index is -0.680. The molecular weight excluding hydrogens is 643 g/mol. The molecule has 0 aliphatic carbocycles. The summed E-state index contributed by atoms with van der Waals surface area (Å²) in [5, 5.41) is 22.2. The summed E-state index contributed by atoms with van der Waals surface area (Å²) in [6.45, 7) is 5.48. The van der Waals surface area contributed by atoms with Crippen LogP contribution in [0.5, 0.6) is 5.75 Å². The van der Waals surface area contributed by atoms with Crippen LogP contribution in [-0.2, 0) is 38.8 Å². The van der Waals surface area contributed by atoms with Gasteiger partial charge in [-0.15, -0.1) is 0 Å². The number of aliphatic hydroxyl groups excluding tert-OH is 2. The van der Waals surface area contributed by atoms with Gasteiger partial charge in [-0.3, -0.25) is 19.2 Å². The molecular formula is C38H59N2O8P. The second-order valence-electron chi connectivity index (χ2n) is 12.8. The zero-order valence-electron chi connectivity index (χ0n) is 29.3. The van der Waals surface area contributed by atoms with E-state index in [0.29, 0.717) is 30.4 Å². The van der Waals surface area contributed by atoms with E-state index in [0.717, 1.165) is 11.1 Å². The lowest BCUT2D eigenvalue weighted by Gasteiger charge is -2.21. The fourth-order valence-corrected chi connectivity index (χ4v) is 5.71. The Morgan fingerprint density at radius 2 is 1.47 bits per heavy atom. The topological polar surface area (TPSA) is 150 Å². The minimum absolute atomic E-state index is 0. The van der Waals surface area contributed by atoms with Gasteiger partial charge in [0, 0.05) is 68.7 Å². The lowest BCUT2D eigenvalue weighted by atomic mass is 9.81. The summed E-state index contributed by atoms with van der Waals surface area (Å²) in [5.74, 6) is -1.16. The van der Waals surface area contributed by atoms with Crippen LogP contribution >= 0.6 is 9.90 Å². The van der Waals surface area contributed by atoms with Crippen LogP contribution in [0.15, 0.2) is 42.5 Å². The van der Waals surface area contributed by atoms with Crippen molar-refractivity contribution in [2.24, 2.45) is 17.8 Å². The van der Waals surface area contributed by atoms with Crippen molar-refractivity contribution in [3.8, 4) is 5.75 Å². The van der Waals surface area contributed by atoms with Crippen molar-refractivity contribution in [1.82, 2.24) is 10.2 Å². The van der Waals surface area contributed by atoms with E-state index in [4.69, 9.17) is 4.74 Å². The fourth-order valence-electron chi connectivity index (χ4n) is 5.71. The molecule has 2 aromatic rings. The molecule has 0 fully saturated rings. The van der Waals surface area contributed by atoms with Crippen LogP contribution in [0.25, 0.3) is 0 Å². The highest BCUT2D eigenvalue weighted by Crippen LogP contribution is 2.27. The van der Waals surface area contributed by atoms with Crippen LogP contribution in [0.4, 0.5) is 4.79 Å². The standard InChI is InChI=1S/C37H52N2O8.CH4.H3P/c1-25(2)16-28(21-35(45)29(20-33(43)22-38-4)19-27-10-7-6-8-11-27)34(44)14-13-32(42)12-9-15-39(5)37(46)47-36-30(23-40)17-26(3)18-31(36)24-41;;/h6-8,10-11,17-18,25,28-29,38,40-41H,9,12-16,19-24H2,1-5H3;1H4;1H3. The molecule has 0 heterocycles. The largest absolute Gasteiger partial charge is 0.414 e. The number of ether oxygens (including phenoxy) is 1. The molecule has 274 valence electrons. The van der Waals surface area contributed by atoms with E-state index >= 15 is 0 Å². The number of carbonyl (C=O) groups excluding carboxylic acids is 5. The number of nitrogens with one attached hydrogen (secondary N) is 1. The van der Waals surface area contributed by atoms with Crippen molar-refractivity contribution in [3.05, 3.63) is 64.7 Å². The molecule has 3 atom stereocenters. The third-order valence-electron chi connectivity index (χ3n) is 8.12. The van der Waals surface area contributed by atoms with Gasteiger partial charge in [-0.25, -0.2) is 4.79 Å². The monoisotopic (exact) mass is 702 g/mol. The predicted octanol–water partition coefficient (Wildman–Crippen LogP) is 5.46. The average molecular weight is 703 g/mol. The smallest absolute Gasteiger partial charge is 0.409 e. The van der Waals surface area contributed by atoms with E-state index in [2.05, 4.69) is 5.32 Å². The molecule has 10 nitrogen and oxygen atoms in total. The number of amides is 1. The van der Waals surface area contributed by atoms with Gasteiger partial charge in [0.25, 0.3) is 0 Å². The number of nitrogens with zero attached hydrogens (tertiary/aromatic N) is 1. The molecule has 0 saturated heterocycles. The molecule has 0 aromatic heterocycles. The Kier molecular flexibility index (Phi) is 22.3. The Hall–Kier alpha value is -3.30. The molecule has 0 bridgehead atoms. The van der Waals surface area contributed by atoms with Crippen molar-refractivity contribution >= 4 is 39.1 Å². The first-order chi connectivity index (χ1) is 22.4. The van der Waals surface area contributed by atoms with Gasteiger partial charge in [0.2, 0.25) is 0 Å². The first-order valence-electron chi connectivity index (χ1n) is 16.4. The number of aryl methyl sites for hydroxylation is 1. The molecule has 2 rings (SSSR count). The number of Topliss-reactive ketones (excluding diaryl/α,β-unsaturated/α-hetero) is 4. The quantitative estimate of drug-likeness (QED) is 0.136. The number of rotatable bonds is 22. The van der Waals surface area contributed by atoms with Gasteiger partial charge < -0.3 is 25.2 Å². The second-order valence-corrected chi connectivity index (χ2v) is 12.8. The van der Waals surface area contributed by atoms with E-state index in [1.807, 2.05) is 51.1 Å². The third-order valence-corrected chi connectivity index (χ3v) is 8.12. The minimum Gasteiger partial charge on any atom is -0.409 e. The molecule has 0 aliphatic heterocycles. The normalized spacial score (nSPS) is 11.9. The summed E-state index contributed by atoms with van der Waals surface area (Å²) in [6.07, 6.45) is 1.02. The highest BCUT2D eigenvalue weighted by molar-refractivity contribution is 6.92. The van der Waals surface area contributed by atoms with Crippen molar-refractivity contribution in [3.63, 3.8) is 0 Å². The SMILES string of the molecule is C.CNCC(=O)CC(Cc1ccccc1)C(=O)CC(CC(C)C)C(=O)CCC(=O)CCCN(C)C(=O)Oc1c(CO)cc(C)cc1CO.P. The van der Waals surface area contributed by atoms with Gasteiger partial charge in [-0.1, -0.05) is 69.3 Å². The van der Waals surface area contributed by atoms with Gasteiger partial charge in [-0.05, 0) is 44.7 Å². The summed E-state index contributed by atoms with van der Waals surface area (Å²) in [7, 11) is 3.22. The Morgan fingerprint density at radius 3 is 2.02 bits per heavy atom. The Balaban J connectivity index is 0.0000115. The van der Waals surface area contributed by atoms with Gasteiger partial charge in [0.15, 0.2) is 0 Å². The van der Waals surface area contributed by atoms with Gasteiger partial charge in [-0.2, -0.15) is 9.90 Å². The number of hydrogen-bond acceptors (Lipinski definition) is 9. The van der Waals surface area contributed by atoms with E-state index in [1.54, 1.807) is 19.2 Å². The molecule has 0 spiro atoms. The number of benzene rings is 2. The van der Waals surface area contributed by atoms with Crippen molar-refractivity contribution in [2.75, 3.05) is 27.2 Å². The summed E-state index contributed by atoms with van der Waals surface area (Å²) in [6, 6.07) is 12.9. The molecule has 3 N–H and O–H groups in total. The van der Waals surface area contributed by atoms with Crippen LogP contribution in [0.3, 0.4) is 0 Å². The van der Waals surface area contributed by atoms with Crippen LogP contribution in [0, 0.1) is 24.7 Å². The van der Waals surface area contributed by atoms with Crippen LogP contribution < -0.4 is 10.1 Å². The van der Waals surface area contributed by atoms with E-state index in [1.165, 1.54) is 11.9 Å². The Morgan fingerprint density at radius 1 is 0.857 bits per heavy atom. The Bertz CT molecular complexity index is 1320. The molecule has 0 saturated carbocycles. The molecule has 11 heteroatoms. The highest BCUT2D eigenvalue weighted by Gasteiger charge is 2.29. The molecule has 49 heavy (non-hydrogen) atoms. The summed E-state index contributed by atoms with van der Waals surface area (Å²) in [5.41, 5.74) is 2.55. The first-order valence-corrected chi connectivity index (χ1v) is 16.4. The maximum absolute atomic E-state index is 13.5. The van der Waals surface area contributed by atoms with E-state index < -0.39 is 17.9 Å².